The van der Waals surface area contributed by atoms with Gasteiger partial charge in [0.2, 0.25) is 0 Å². The van der Waals surface area contributed by atoms with Crippen molar-refractivity contribution in [3.63, 3.8) is 0 Å². The van der Waals surface area contributed by atoms with Crippen LogP contribution in [0.2, 0.25) is 5.02 Å². The van der Waals surface area contributed by atoms with Crippen molar-refractivity contribution >= 4 is 45.3 Å². The Morgan fingerprint density at radius 2 is 1.93 bits per heavy atom. The number of anilines is 1. The van der Waals surface area contributed by atoms with E-state index in [1.807, 2.05) is 35.0 Å². The van der Waals surface area contributed by atoms with Gasteiger partial charge in [0.1, 0.15) is 0 Å². The molecule has 4 aromatic rings. The van der Waals surface area contributed by atoms with E-state index in [9.17, 15) is 4.79 Å². The quantitative estimate of drug-likeness (QED) is 0.513. The zero-order chi connectivity index (χ0) is 18.8. The topological polar surface area (TPSA) is 59.8 Å². The Morgan fingerprint density at radius 1 is 1.15 bits per heavy atom. The molecule has 27 heavy (non-hydrogen) atoms. The number of nitrogens with one attached hydrogen (secondary N) is 1. The molecule has 1 N–H and O–H groups in total. The van der Waals surface area contributed by atoms with E-state index >= 15 is 0 Å². The van der Waals surface area contributed by atoms with Gasteiger partial charge in [0.25, 0.3) is 5.91 Å². The minimum atomic E-state index is -0.282. The fourth-order valence-electron chi connectivity index (χ4n) is 3.08. The van der Waals surface area contributed by atoms with E-state index in [4.69, 9.17) is 16.6 Å². The van der Waals surface area contributed by atoms with E-state index < -0.39 is 0 Å². The van der Waals surface area contributed by atoms with E-state index in [1.54, 1.807) is 24.3 Å². The van der Waals surface area contributed by atoms with Crippen LogP contribution < -0.4 is 5.32 Å². The van der Waals surface area contributed by atoms with Gasteiger partial charge in [-0.15, -0.1) is 0 Å². The molecule has 2 heterocycles. The van der Waals surface area contributed by atoms with Crippen molar-refractivity contribution in [1.82, 2.24) is 14.8 Å². The molecule has 0 aliphatic rings. The summed E-state index contributed by atoms with van der Waals surface area (Å²) >= 11 is 6.16. The second-order valence-corrected chi connectivity index (χ2v) is 6.82. The number of benzene rings is 2. The van der Waals surface area contributed by atoms with Crippen LogP contribution in [0.3, 0.4) is 0 Å². The molecular formula is C21H19ClN4O. The first-order chi connectivity index (χ1) is 13.2. The average Bonchev–Trinajstić information content (AvgIpc) is 3.01. The number of pyridine rings is 1. The van der Waals surface area contributed by atoms with Crippen LogP contribution in [0.25, 0.3) is 21.9 Å². The van der Waals surface area contributed by atoms with Gasteiger partial charge in [-0.1, -0.05) is 55.3 Å². The molecular weight excluding hydrogens is 360 g/mol. The lowest BCUT2D eigenvalue weighted by molar-refractivity contribution is 0.102. The van der Waals surface area contributed by atoms with Crippen LogP contribution in [0.4, 0.5) is 5.82 Å². The van der Waals surface area contributed by atoms with E-state index in [1.165, 1.54) is 0 Å². The van der Waals surface area contributed by atoms with Gasteiger partial charge in [0.15, 0.2) is 11.5 Å². The lowest BCUT2D eigenvalue weighted by Crippen LogP contribution is -2.13. The molecule has 0 saturated carbocycles. The van der Waals surface area contributed by atoms with Crippen molar-refractivity contribution in [2.45, 2.75) is 26.3 Å². The van der Waals surface area contributed by atoms with Crippen molar-refractivity contribution < 1.29 is 4.79 Å². The number of nitrogens with zero attached hydrogens (tertiary/aromatic N) is 3. The maximum Gasteiger partial charge on any atom is 0.258 e. The Bertz CT molecular complexity index is 1140. The van der Waals surface area contributed by atoms with Crippen LogP contribution >= 0.6 is 11.6 Å². The first-order valence-electron chi connectivity index (χ1n) is 8.99. The number of fused-ring (bicyclic) bond motifs is 2. The van der Waals surface area contributed by atoms with E-state index in [0.717, 1.165) is 41.3 Å². The first-order valence-corrected chi connectivity index (χ1v) is 9.37. The normalized spacial score (nSPS) is 11.2. The van der Waals surface area contributed by atoms with Crippen molar-refractivity contribution in [2.75, 3.05) is 5.32 Å². The number of carbonyl (C=O) groups is 1. The van der Waals surface area contributed by atoms with Crippen LogP contribution in [0.5, 0.6) is 0 Å². The van der Waals surface area contributed by atoms with Gasteiger partial charge in [-0.2, -0.15) is 5.10 Å². The molecule has 0 unspecified atom stereocenters. The molecule has 0 aliphatic carbocycles. The van der Waals surface area contributed by atoms with Gasteiger partial charge < -0.3 is 5.32 Å². The third kappa shape index (κ3) is 3.38. The predicted octanol–water partition coefficient (Wildman–Crippen LogP) is 5.29. The molecule has 0 radical (unpaired) electrons. The molecule has 5 nitrogen and oxygen atoms in total. The van der Waals surface area contributed by atoms with E-state index in [0.29, 0.717) is 16.4 Å². The van der Waals surface area contributed by atoms with Crippen molar-refractivity contribution in [2.24, 2.45) is 0 Å². The molecule has 1 amide bonds. The van der Waals surface area contributed by atoms with Gasteiger partial charge in [-0.25, -0.2) is 9.67 Å². The Labute approximate surface area is 162 Å². The minimum absolute atomic E-state index is 0.282. The van der Waals surface area contributed by atoms with Crippen molar-refractivity contribution in [3.05, 3.63) is 65.2 Å². The van der Waals surface area contributed by atoms with Crippen molar-refractivity contribution in [3.8, 4) is 0 Å². The molecule has 0 aliphatic heterocycles. The minimum Gasteiger partial charge on any atom is -0.304 e. The zero-order valence-electron chi connectivity index (χ0n) is 14.9. The summed E-state index contributed by atoms with van der Waals surface area (Å²) in [5.74, 6) is 0.222. The van der Waals surface area contributed by atoms with E-state index in [-0.39, 0.29) is 5.91 Å². The fourth-order valence-corrected chi connectivity index (χ4v) is 3.30. The standard InChI is InChI=1S/C21H19ClN4O/c1-2-3-12-26-20-16(13-14-8-4-7-11-18(14)23-20)19(25-26)24-21(27)15-9-5-6-10-17(15)22/h4-11,13H,2-3,12H2,1H3,(H,24,25,27). The van der Waals surface area contributed by atoms with Crippen LogP contribution in [0.1, 0.15) is 30.1 Å². The van der Waals surface area contributed by atoms with Crippen LogP contribution in [0.15, 0.2) is 54.6 Å². The summed E-state index contributed by atoms with van der Waals surface area (Å²) in [6.45, 7) is 2.88. The smallest absolute Gasteiger partial charge is 0.258 e. The third-order valence-corrected chi connectivity index (χ3v) is 4.83. The molecule has 0 atom stereocenters. The van der Waals surface area contributed by atoms with Crippen LogP contribution in [-0.2, 0) is 6.54 Å². The Hall–Kier alpha value is -2.92. The first kappa shape index (κ1) is 17.5. The summed E-state index contributed by atoms with van der Waals surface area (Å²) in [4.78, 5) is 17.5. The number of carbonyl (C=O) groups excluding carboxylic acids is 1. The number of amides is 1. The molecule has 136 valence electrons. The zero-order valence-corrected chi connectivity index (χ0v) is 15.7. The molecule has 6 heteroatoms. The molecule has 0 bridgehead atoms. The summed E-state index contributed by atoms with van der Waals surface area (Å²) in [5, 5.41) is 9.77. The van der Waals surface area contributed by atoms with Gasteiger partial charge in [0, 0.05) is 11.9 Å². The number of aromatic nitrogens is 3. The fraction of sp³-hybridized carbons (Fsp3) is 0.190. The predicted molar refractivity (Wildman–Crippen MR) is 109 cm³/mol. The van der Waals surface area contributed by atoms with Gasteiger partial charge >= 0.3 is 0 Å². The molecule has 4 rings (SSSR count). The van der Waals surface area contributed by atoms with Gasteiger partial charge in [-0.3, -0.25) is 4.79 Å². The highest BCUT2D eigenvalue weighted by Crippen LogP contribution is 2.27. The molecule has 2 aromatic heterocycles. The van der Waals surface area contributed by atoms with Crippen molar-refractivity contribution in [1.29, 1.82) is 0 Å². The number of unbranched alkanes of at least 4 members (excludes halogenated alkanes) is 1. The molecule has 0 saturated heterocycles. The number of aryl methyl sites for hydroxylation is 1. The van der Waals surface area contributed by atoms with E-state index in [2.05, 4.69) is 17.3 Å². The summed E-state index contributed by atoms with van der Waals surface area (Å²) in [6, 6.07) is 16.9. The summed E-state index contributed by atoms with van der Waals surface area (Å²) in [7, 11) is 0. The maximum atomic E-state index is 12.7. The highest BCUT2D eigenvalue weighted by Gasteiger charge is 2.17. The number of para-hydroxylation sites is 1. The van der Waals surface area contributed by atoms with Gasteiger partial charge in [0.05, 0.1) is 21.5 Å². The maximum absolute atomic E-state index is 12.7. The molecule has 0 fully saturated rings. The lowest BCUT2D eigenvalue weighted by Gasteiger charge is -2.04. The Balaban J connectivity index is 1.80. The summed E-state index contributed by atoms with van der Waals surface area (Å²) in [5.41, 5.74) is 2.10. The summed E-state index contributed by atoms with van der Waals surface area (Å²) in [6.07, 6.45) is 2.04. The lowest BCUT2D eigenvalue weighted by atomic mass is 10.2. The number of rotatable bonds is 5. The second-order valence-electron chi connectivity index (χ2n) is 6.41. The number of hydrogen-bond donors (Lipinski definition) is 1. The SMILES string of the molecule is CCCCn1nc(NC(=O)c2ccccc2Cl)c2cc3ccccc3nc21. The monoisotopic (exact) mass is 378 g/mol. The summed E-state index contributed by atoms with van der Waals surface area (Å²) < 4.78 is 1.87. The number of halogens is 1. The molecule has 2 aromatic carbocycles. The Kier molecular flexibility index (Phi) is 4.77. The third-order valence-electron chi connectivity index (χ3n) is 4.50. The Morgan fingerprint density at radius 3 is 2.74 bits per heavy atom. The van der Waals surface area contributed by atoms with Crippen LogP contribution in [0, 0.1) is 0 Å². The van der Waals surface area contributed by atoms with Crippen LogP contribution in [-0.4, -0.2) is 20.7 Å². The molecule has 0 spiro atoms. The largest absolute Gasteiger partial charge is 0.304 e. The highest BCUT2D eigenvalue weighted by molar-refractivity contribution is 6.34. The average molecular weight is 379 g/mol. The number of hydrogen-bond acceptors (Lipinski definition) is 3. The highest BCUT2D eigenvalue weighted by atomic mass is 35.5. The van der Waals surface area contributed by atoms with Gasteiger partial charge in [-0.05, 0) is 30.7 Å². The second kappa shape index (κ2) is 7.37.